The Labute approximate surface area is 165 Å². The minimum absolute atomic E-state index is 0.187. The lowest BCUT2D eigenvalue weighted by Gasteiger charge is -2.38. The molecule has 2 heterocycles. The number of hydrogen-bond acceptors (Lipinski definition) is 3. The summed E-state index contributed by atoms with van der Waals surface area (Å²) < 4.78 is 6.95. The fourth-order valence-corrected chi connectivity index (χ4v) is 5.25. The fourth-order valence-electron chi connectivity index (χ4n) is 4.83. The van der Waals surface area contributed by atoms with Crippen molar-refractivity contribution in [2.75, 3.05) is 26.2 Å². The number of benzene rings is 1. The second-order valence-corrected chi connectivity index (χ2v) is 9.22. The van der Waals surface area contributed by atoms with E-state index in [-0.39, 0.29) is 18.1 Å². The normalized spacial score (nSPS) is 34.9. The molecule has 1 amide bonds. The van der Waals surface area contributed by atoms with Gasteiger partial charge in [0.25, 0.3) is 0 Å². The summed E-state index contributed by atoms with van der Waals surface area (Å²) in [6.07, 6.45) is 3.85. The van der Waals surface area contributed by atoms with Crippen LogP contribution in [0.3, 0.4) is 0 Å². The van der Waals surface area contributed by atoms with Crippen LogP contribution in [0.25, 0.3) is 0 Å². The van der Waals surface area contributed by atoms with Gasteiger partial charge in [-0.15, -0.1) is 0 Å². The lowest BCUT2D eigenvalue weighted by atomic mass is 10.1. The Morgan fingerprint density at radius 3 is 2.77 bits per heavy atom. The van der Waals surface area contributed by atoms with Gasteiger partial charge in [-0.2, -0.15) is 0 Å². The number of morpholine rings is 1. The maximum Gasteiger partial charge on any atom is 0.226 e. The first-order valence-corrected chi connectivity index (χ1v) is 10.7. The zero-order valence-electron chi connectivity index (χ0n) is 15.7. The maximum atomic E-state index is 13.1. The molecule has 1 aromatic rings. The van der Waals surface area contributed by atoms with Crippen LogP contribution in [0.2, 0.25) is 0 Å². The molecule has 1 aromatic carbocycles. The molecular weight excluding hydrogens is 392 g/mol. The van der Waals surface area contributed by atoms with Gasteiger partial charge in [-0.05, 0) is 56.7 Å². The molecule has 1 aliphatic carbocycles. The Kier molecular flexibility index (Phi) is 5.40. The number of hydrogen-bond donors (Lipinski definition) is 0. The van der Waals surface area contributed by atoms with Gasteiger partial charge >= 0.3 is 0 Å². The maximum absolute atomic E-state index is 13.1. The number of nitrogens with zero attached hydrogens (tertiary/aromatic N) is 2. The summed E-state index contributed by atoms with van der Waals surface area (Å²) in [4.78, 5) is 17.8. The summed E-state index contributed by atoms with van der Waals surface area (Å²) in [6.45, 7) is 8.18. The Morgan fingerprint density at radius 1 is 1.27 bits per heavy atom. The van der Waals surface area contributed by atoms with Gasteiger partial charge in [-0.3, -0.25) is 9.69 Å². The van der Waals surface area contributed by atoms with E-state index in [0.29, 0.717) is 17.9 Å². The summed E-state index contributed by atoms with van der Waals surface area (Å²) in [5, 5.41) is 0. The van der Waals surface area contributed by atoms with Crippen LogP contribution in [-0.4, -0.2) is 60.1 Å². The van der Waals surface area contributed by atoms with Crippen LogP contribution < -0.4 is 0 Å². The van der Waals surface area contributed by atoms with Gasteiger partial charge in [0.1, 0.15) is 0 Å². The van der Waals surface area contributed by atoms with Crippen LogP contribution in [0.15, 0.2) is 28.7 Å². The van der Waals surface area contributed by atoms with E-state index < -0.39 is 0 Å². The molecule has 0 N–H and O–H groups in total. The van der Waals surface area contributed by atoms with E-state index in [1.807, 2.05) is 6.07 Å². The average Bonchev–Trinajstić information content (AvgIpc) is 3.26. The van der Waals surface area contributed by atoms with Crippen molar-refractivity contribution in [3.8, 4) is 0 Å². The number of amides is 1. The standard InChI is InChI=1S/C21H29BrN2O2/c1-14-11-23(12-15(2)26-14)13-18-7-4-8-24(18)21(25)20-10-19(20)16-5-3-6-17(22)9-16/h3,5-6,9,14-15,18-20H,4,7-8,10-13H2,1-2H3. The highest BCUT2D eigenvalue weighted by Gasteiger charge is 2.47. The van der Waals surface area contributed by atoms with Crippen LogP contribution in [0.1, 0.15) is 44.6 Å². The van der Waals surface area contributed by atoms with Crippen molar-refractivity contribution in [2.45, 2.75) is 57.3 Å². The van der Waals surface area contributed by atoms with Gasteiger partial charge in [-0.1, -0.05) is 28.1 Å². The van der Waals surface area contributed by atoms with Crippen LogP contribution in [0, 0.1) is 5.92 Å². The number of ether oxygens (including phenoxy) is 1. The lowest BCUT2D eigenvalue weighted by Crippen LogP contribution is -2.51. The van der Waals surface area contributed by atoms with Gasteiger partial charge in [0.15, 0.2) is 0 Å². The van der Waals surface area contributed by atoms with Crippen molar-refractivity contribution in [3.63, 3.8) is 0 Å². The zero-order valence-corrected chi connectivity index (χ0v) is 17.3. The molecule has 0 aromatic heterocycles. The zero-order chi connectivity index (χ0) is 18.3. The Bertz CT molecular complexity index is 657. The molecule has 3 aliphatic rings. The predicted molar refractivity (Wildman–Crippen MR) is 106 cm³/mol. The first kappa shape index (κ1) is 18.5. The van der Waals surface area contributed by atoms with Gasteiger partial charge in [0.2, 0.25) is 5.91 Å². The fraction of sp³-hybridized carbons (Fsp3) is 0.667. The Morgan fingerprint density at radius 2 is 2.04 bits per heavy atom. The molecule has 26 heavy (non-hydrogen) atoms. The molecule has 4 rings (SSSR count). The Hall–Kier alpha value is -0.910. The van der Waals surface area contributed by atoms with Gasteiger partial charge < -0.3 is 9.64 Å². The first-order chi connectivity index (χ1) is 12.5. The largest absolute Gasteiger partial charge is 0.373 e. The van der Waals surface area contributed by atoms with Crippen molar-refractivity contribution >= 4 is 21.8 Å². The molecule has 2 aliphatic heterocycles. The smallest absolute Gasteiger partial charge is 0.226 e. The van der Waals surface area contributed by atoms with Crippen LogP contribution in [0.5, 0.6) is 0 Å². The van der Waals surface area contributed by atoms with E-state index >= 15 is 0 Å². The molecule has 142 valence electrons. The molecule has 3 fully saturated rings. The van der Waals surface area contributed by atoms with E-state index in [4.69, 9.17) is 4.74 Å². The molecule has 5 unspecified atom stereocenters. The van der Waals surface area contributed by atoms with Crippen molar-refractivity contribution in [2.24, 2.45) is 5.92 Å². The number of carbonyl (C=O) groups excluding carboxylic acids is 1. The first-order valence-electron chi connectivity index (χ1n) is 9.95. The van der Waals surface area contributed by atoms with Crippen LogP contribution >= 0.6 is 15.9 Å². The van der Waals surface area contributed by atoms with E-state index in [1.165, 1.54) is 5.56 Å². The minimum Gasteiger partial charge on any atom is -0.373 e. The minimum atomic E-state index is 0.187. The van der Waals surface area contributed by atoms with Crippen LogP contribution in [-0.2, 0) is 9.53 Å². The topological polar surface area (TPSA) is 32.8 Å². The van der Waals surface area contributed by atoms with Gasteiger partial charge in [0, 0.05) is 42.6 Å². The number of rotatable bonds is 4. The summed E-state index contributed by atoms with van der Waals surface area (Å²) in [5.41, 5.74) is 1.30. The van der Waals surface area contributed by atoms with Crippen LogP contribution in [0.4, 0.5) is 0 Å². The average molecular weight is 421 g/mol. The second kappa shape index (κ2) is 7.61. The van der Waals surface area contributed by atoms with E-state index in [2.05, 4.69) is 57.8 Å². The molecule has 5 heteroatoms. The number of halogens is 1. The molecule has 0 radical (unpaired) electrons. The quantitative estimate of drug-likeness (QED) is 0.744. The third kappa shape index (κ3) is 4.00. The van der Waals surface area contributed by atoms with Gasteiger partial charge in [-0.25, -0.2) is 0 Å². The van der Waals surface area contributed by atoms with E-state index in [1.54, 1.807) is 0 Å². The van der Waals surface area contributed by atoms with E-state index in [0.717, 1.165) is 49.9 Å². The summed E-state index contributed by atoms with van der Waals surface area (Å²) in [7, 11) is 0. The summed E-state index contributed by atoms with van der Waals surface area (Å²) >= 11 is 3.54. The van der Waals surface area contributed by atoms with E-state index in [9.17, 15) is 4.79 Å². The molecule has 5 atom stereocenters. The predicted octanol–water partition coefficient (Wildman–Crippen LogP) is 3.65. The Balaban J connectivity index is 1.37. The molecule has 1 saturated carbocycles. The third-order valence-electron chi connectivity index (χ3n) is 6.01. The highest BCUT2D eigenvalue weighted by atomic mass is 79.9. The number of carbonyl (C=O) groups is 1. The highest BCUT2D eigenvalue weighted by molar-refractivity contribution is 9.10. The third-order valence-corrected chi connectivity index (χ3v) is 6.50. The molecule has 4 nitrogen and oxygen atoms in total. The molecule has 2 saturated heterocycles. The van der Waals surface area contributed by atoms with Crippen molar-refractivity contribution in [1.82, 2.24) is 9.80 Å². The molecule has 0 bridgehead atoms. The van der Waals surface area contributed by atoms with Gasteiger partial charge in [0.05, 0.1) is 12.2 Å². The van der Waals surface area contributed by atoms with Crippen molar-refractivity contribution in [3.05, 3.63) is 34.3 Å². The second-order valence-electron chi connectivity index (χ2n) is 8.31. The highest BCUT2D eigenvalue weighted by Crippen LogP contribution is 2.49. The summed E-state index contributed by atoms with van der Waals surface area (Å²) in [6, 6.07) is 8.81. The summed E-state index contributed by atoms with van der Waals surface area (Å²) in [5.74, 6) is 0.976. The van der Waals surface area contributed by atoms with Crippen molar-refractivity contribution < 1.29 is 9.53 Å². The monoisotopic (exact) mass is 420 g/mol. The number of likely N-dealkylation sites (tertiary alicyclic amines) is 1. The molecule has 0 spiro atoms. The lowest BCUT2D eigenvalue weighted by molar-refractivity contribution is -0.134. The molecular formula is C21H29BrN2O2. The SMILES string of the molecule is CC1CN(CC2CCCN2C(=O)C2CC2c2cccc(Br)c2)CC(C)O1. The van der Waals surface area contributed by atoms with Crippen molar-refractivity contribution in [1.29, 1.82) is 0 Å².